The molecule has 15 heavy (non-hydrogen) atoms. The Morgan fingerprint density at radius 3 is 3.13 bits per heavy atom. The lowest BCUT2D eigenvalue weighted by molar-refractivity contribution is 0.103. The summed E-state index contributed by atoms with van der Waals surface area (Å²) in [5.74, 6) is 1.36. The molecule has 3 N–H and O–H groups in total. The van der Waals surface area contributed by atoms with Crippen LogP contribution in [0.15, 0.2) is 17.5 Å². The molecular weight excluding hydrogens is 212 g/mol. The van der Waals surface area contributed by atoms with Gasteiger partial charge in [-0.1, -0.05) is 6.07 Å². The highest BCUT2D eigenvalue weighted by Gasteiger charge is 2.14. The van der Waals surface area contributed by atoms with Crippen molar-refractivity contribution >= 4 is 11.3 Å². The third-order valence-electron chi connectivity index (χ3n) is 2.05. The highest BCUT2D eigenvalue weighted by Crippen LogP contribution is 2.22. The zero-order chi connectivity index (χ0) is 10.7. The lowest BCUT2D eigenvalue weighted by atomic mass is 10.3. The van der Waals surface area contributed by atoms with Crippen molar-refractivity contribution in [2.75, 3.05) is 13.7 Å². The fourth-order valence-electron chi connectivity index (χ4n) is 1.25. The van der Waals surface area contributed by atoms with E-state index in [-0.39, 0.29) is 6.10 Å². The molecule has 2 aromatic rings. The fraction of sp³-hybridized carbons (Fsp3) is 0.333. The summed E-state index contributed by atoms with van der Waals surface area (Å²) in [6, 6.07) is 3.94. The third-order valence-corrected chi connectivity index (χ3v) is 2.91. The van der Waals surface area contributed by atoms with Crippen LogP contribution < -0.4 is 5.73 Å². The van der Waals surface area contributed by atoms with E-state index in [0.717, 1.165) is 4.88 Å². The Morgan fingerprint density at radius 2 is 2.53 bits per heavy atom. The number of nitrogens with zero attached hydrogens (tertiary/aromatic N) is 2. The van der Waals surface area contributed by atoms with Crippen molar-refractivity contribution in [3.8, 4) is 10.7 Å². The second-order valence-corrected chi connectivity index (χ2v) is 3.93. The lowest BCUT2D eigenvalue weighted by Crippen LogP contribution is -2.15. The maximum Gasteiger partial charge on any atom is 0.191 e. The van der Waals surface area contributed by atoms with Gasteiger partial charge < -0.3 is 10.5 Å². The molecule has 0 saturated heterocycles. The van der Waals surface area contributed by atoms with Crippen LogP contribution in [0.4, 0.5) is 0 Å². The lowest BCUT2D eigenvalue weighted by Gasteiger charge is -2.07. The quantitative estimate of drug-likeness (QED) is 0.817. The zero-order valence-electron chi connectivity index (χ0n) is 8.30. The molecule has 80 valence electrons. The molecule has 0 bridgehead atoms. The number of H-pyrrole nitrogens is 1. The first-order chi connectivity index (χ1) is 7.35. The molecular formula is C9H12N4OS. The molecule has 0 radical (unpaired) electrons. The van der Waals surface area contributed by atoms with Crippen LogP contribution in [-0.2, 0) is 4.74 Å². The summed E-state index contributed by atoms with van der Waals surface area (Å²) in [6.07, 6.45) is -0.216. The van der Waals surface area contributed by atoms with Crippen molar-refractivity contribution in [2.45, 2.75) is 6.10 Å². The number of ether oxygens (including phenoxy) is 1. The Labute approximate surface area is 91.3 Å². The number of thiophene rings is 1. The van der Waals surface area contributed by atoms with Crippen molar-refractivity contribution in [3.05, 3.63) is 23.3 Å². The fourth-order valence-corrected chi connectivity index (χ4v) is 1.91. The van der Waals surface area contributed by atoms with Gasteiger partial charge in [0.05, 0.1) is 4.88 Å². The van der Waals surface area contributed by atoms with Crippen molar-refractivity contribution < 1.29 is 4.74 Å². The van der Waals surface area contributed by atoms with Gasteiger partial charge in [-0.05, 0) is 11.4 Å². The minimum Gasteiger partial charge on any atom is -0.372 e. The Kier molecular flexibility index (Phi) is 3.10. The molecule has 0 amide bonds. The van der Waals surface area contributed by atoms with Gasteiger partial charge in [-0.25, -0.2) is 4.98 Å². The van der Waals surface area contributed by atoms with Gasteiger partial charge >= 0.3 is 0 Å². The summed E-state index contributed by atoms with van der Waals surface area (Å²) < 4.78 is 5.16. The van der Waals surface area contributed by atoms with E-state index < -0.39 is 0 Å². The predicted octanol–water partition coefficient (Wildman–Crippen LogP) is 1.18. The van der Waals surface area contributed by atoms with Crippen LogP contribution in [0.2, 0.25) is 0 Å². The average Bonchev–Trinajstić information content (AvgIpc) is 2.89. The summed E-state index contributed by atoms with van der Waals surface area (Å²) in [5, 5.41) is 8.94. The molecule has 0 aliphatic rings. The van der Waals surface area contributed by atoms with Crippen LogP contribution in [0.1, 0.15) is 11.9 Å². The Hall–Kier alpha value is -1.24. The molecule has 1 unspecified atom stereocenters. The Morgan fingerprint density at radius 1 is 1.67 bits per heavy atom. The molecule has 2 heterocycles. The summed E-state index contributed by atoms with van der Waals surface area (Å²) in [4.78, 5) is 5.37. The normalized spacial score (nSPS) is 12.9. The van der Waals surface area contributed by atoms with E-state index in [0.29, 0.717) is 18.2 Å². The molecule has 0 spiro atoms. The van der Waals surface area contributed by atoms with Crippen LogP contribution >= 0.6 is 11.3 Å². The first kappa shape index (κ1) is 10.3. The molecule has 0 aliphatic carbocycles. The van der Waals surface area contributed by atoms with E-state index in [2.05, 4.69) is 15.2 Å². The number of aromatic amines is 1. The molecule has 5 nitrogen and oxygen atoms in total. The van der Waals surface area contributed by atoms with Gasteiger partial charge in [-0.2, -0.15) is 5.10 Å². The Balaban J connectivity index is 2.24. The number of hydrogen-bond acceptors (Lipinski definition) is 5. The van der Waals surface area contributed by atoms with Crippen LogP contribution in [0, 0.1) is 0 Å². The van der Waals surface area contributed by atoms with E-state index in [1.54, 1.807) is 18.4 Å². The van der Waals surface area contributed by atoms with Crippen LogP contribution in [-0.4, -0.2) is 28.8 Å². The first-order valence-corrected chi connectivity index (χ1v) is 5.42. The summed E-state index contributed by atoms with van der Waals surface area (Å²) in [7, 11) is 1.60. The number of rotatable bonds is 4. The van der Waals surface area contributed by atoms with E-state index in [1.807, 2.05) is 17.5 Å². The monoisotopic (exact) mass is 224 g/mol. The predicted molar refractivity (Wildman–Crippen MR) is 58.5 cm³/mol. The molecule has 1 atom stereocenters. The number of methoxy groups -OCH3 is 1. The average molecular weight is 224 g/mol. The smallest absolute Gasteiger partial charge is 0.191 e. The molecule has 6 heteroatoms. The van der Waals surface area contributed by atoms with Crippen molar-refractivity contribution in [3.63, 3.8) is 0 Å². The summed E-state index contributed by atoms with van der Waals surface area (Å²) in [5.41, 5.74) is 5.53. The molecule has 0 aromatic carbocycles. The second-order valence-electron chi connectivity index (χ2n) is 2.98. The van der Waals surface area contributed by atoms with Crippen molar-refractivity contribution in [1.82, 2.24) is 15.2 Å². The summed E-state index contributed by atoms with van der Waals surface area (Å²) in [6.45, 7) is 0.384. The van der Waals surface area contributed by atoms with Gasteiger partial charge in [0.2, 0.25) is 0 Å². The van der Waals surface area contributed by atoms with E-state index >= 15 is 0 Å². The SMILES string of the molecule is COC(CN)c1nc(-c2cccs2)n[nH]1. The minimum absolute atomic E-state index is 0.216. The van der Waals surface area contributed by atoms with Gasteiger partial charge in [0, 0.05) is 13.7 Å². The van der Waals surface area contributed by atoms with Crippen LogP contribution in [0.5, 0.6) is 0 Å². The molecule has 2 rings (SSSR count). The zero-order valence-corrected chi connectivity index (χ0v) is 9.12. The van der Waals surface area contributed by atoms with Crippen LogP contribution in [0.25, 0.3) is 10.7 Å². The van der Waals surface area contributed by atoms with Crippen LogP contribution in [0.3, 0.4) is 0 Å². The maximum atomic E-state index is 5.53. The van der Waals surface area contributed by atoms with Gasteiger partial charge in [0.15, 0.2) is 11.6 Å². The number of hydrogen-bond donors (Lipinski definition) is 2. The van der Waals surface area contributed by atoms with Gasteiger partial charge in [0.25, 0.3) is 0 Å². The van der Waals surface area contributed by atoms with E-state index in [1.165, 1.54) is 0 Å². The largest absolute Gasteiger partial charge is 0.372 e. The Bertz CT molecular complexity index is 407. The third kappa shape index (κ3) is 2.06. The maximum absolute atomic E-state index is 5.53. The van der Waals surface area contributed by atoms with Gasteiger partial charge in [0.1, 0.15) is 6.10 Å². The first-order valence-electron chi connectivity index (χ1n) is 4.54. The number of nitrogens with one attached hydrogen (secondary N) is 1. The summed E-state index contributed by atoms with van der Waals surface area (Å²) >= 11 is 1.60. The van der Waals surface area contributed by atoms with Crippen molar-refractivity contribution in [1.29, 1.82) is 0 Å². The molecule has 0 fully saturated rings. The standard InChI is InChI=1S/C9H12N4OS/c1-14-6(5-10)8-11-9(13-12-8)7-3-2-4-15-7/h2-4,6H,5,10H2,1H3,(H,11,12,13). The molecule has 0 saturated carbocycles. The highest BCUT2D eigenvalue weighted by atomic mass is 32.1. The molecule has 0 aliphatic heterocycles. The highest BCUT2D eigenvalue weighted by molar-refractivity contribution is 7.13. The van der Waals surface area contributed by atoms with E-state index in [4.69, 9.17) is 10.5 Å². The number of aromatic nitrogens is 3. The van der Waals surface area contributed by atoms with Gasteiger partial charge in [-0.3, -0.25) is 5.10 Å². The topological polar surface area (TPSA) is 76.8 Å². The minimum atomic E-state index is -0.216. The van der Waals surface area contributed by atoms with E-state index in [9.17, 15) is 0 Å². The second kappa shape index (κ2) is 4.52. The number of nitrogens with two attached hydrogens (primary N) is 1. The molecule has 2 aromatic heterocycles. The van der Waals surface area contributed by atoms with Gasteiger partial charge in [-0.15, -0.1) is 11.3 Å². The van der Waals surface area contributed by atoms with Crippen molar-refractivity contribution in [2.24, 2.45) is 5.73 Å².